The third kappa shape index (κ3) is 9.35. The highest BCUT2D eigenvalue weighted by Gasteiger charge is 2.23. The zero-order chi connectivity index (χ0) is 16.4. The van der Waals surface area contributed by atoms with Gasteiger partial charge in [-0.3, -0.25) is 10.2 Å². The molecule has 1 amide bonds. The number of hydrogen-bond acceptors (Lipinski definition) is 7. The average Bonchev–Trinajstić information content (AvgIpc) is 2.39. The molecule has 0 heterocycles. The van der Waals surface area contributed by atoms with Crippen LogP contribution in [0.4, 0.5) is 0 Å². The molecule has 0 saturated carbocycles. The molecule has 10 N–H and O–H groups in total. The molecule has 21 heavy (non-hydrogen) atoms. The molecule has 0 unspecified atom stereocenters. The van der Waals surface area contributed by atoms with Crippen LogP contribution in [0, 0.1) is 5.41 Å². The number of primary amides is 1. The van der Waals surface area contributed by atoms with Gasteiger partial charge in [0.2, 0.25) is 5.91 Å². The Balaban J connectivity index is 4.01. The first-order valence-electron chi connectivity index (χ1n) is 6.37. The molecular formula is C11H22N6O4. The van der Waals surface area contributed by atoms with Gasteiger partial charge in [0.1, 0.15) is 12.1 Å². The molecule has 0 aliphatic rings. The van der Waals surface area contributed by atoms with Crippen LogP contribution >= 0.6 is 0 Å². The number of ether oxygens (including phenoxy) is 1. The summed E-state index contributed by atoms with van der Waals surface area (Å²) in [5, 5.41) is 9.48. The van der Waals surface area contributed by atoms with Gasteiger partial charge in [-0.15, -0.1) is 0 Å². The molecule has 0 aliphatic carbocycles. The highest BCUT2D eigenvalue weighted by molar-refractivity contribution is 5.90. The Kier molecular flexibility index (Phi) is 8.65. The number of esters is 2. The topological polar surface area (TPSA) is 200 Å². The number of carbonyl (C=O) groups excluding carboxylic acids is 3. The number of nitrogens with one attached hydrogen (secondary N) is 2. The predicted octanol–water partition coefficient (Wildman–Crippen LogP) is -2.76. The van der Waals surface area contributed by atoms with Crippen molar-refractivity contribution >= 4 is 23.8 Å². The van der Waals surface area contributed by atoms with Crippen LogP contribution in [0.2, 0.25) is 0 Å². The molecule has 0 aromatic heterocycles. The molecule has 10 heteroatoms. The van der Waals surface area contributed by atoms with Gasteiger partial charge in [-0.25, -0.2) is 9.59 Å². The van der Waals surface area contributed by atoms with Crippen LogP contribution in [0.25, 0.3) is 0 Å². The second-order valence-corrected chi connectivity index (χ2v) is 4.44. The van der Waals surface area contributed by atoms with E-state index in [0.29, 0.717) is 13.0 Å². The summed E-state index contributed by atoms with van der Waals surface area (Å²) in [7, 11) is 0. The molecule has 0 saturated heterocycles. The quantitative estimate of drug-likeness (QED) is 0.0863. The van der Waals surface area contributed by atoms with Crippen LogP contribution in [0.3, 0.4) is 0 Å². The zero-order valence-electron chi connectivity index (χ0n) is 11.6. The lowest BCUT2D eigenvalue weighted by Crippen LogP contribution is -2.40. The Labute approximate surface area is 122 Å². The fourth-order valence-corrected chi connectivity index (χ4v) is 1.33. The summed E-state index contributed by atoms with van der Waals surface area (Å²) in [4.78, 5) is 33.5. The summed E-state index contributed by atoms with van der Waals surface area (Å²) in [6.45, 7) is 0.377. The molecule has 0 radical (unpaired) electrons. The van der Waals surface area contributed by atoms with Crippen molar-refractivity contribution in [1.82, 2.24) is 5.32 Å². The van der Waals surface area contributed by atoms with Gasteiger partial charge < -0.3 is 33.0 Å². The fourth-order valence-electron chi connectivity index (χ4n) is 1.33. The SMILES string of the molecule is N=C(N)NCCC[C@H](N)C(=O)OC(=O)[C@@H](N)CCC(N)=O. The van der Waals surface area contributed by atoms with Crippen LogP contribution in [0.15, 0.2) is 0 Å². The summed E-state index contributed by atoms with van der Waals surface area (Å²) in [5.74, 6) is -2.61. The van der Waals surface area contributed by atoms with Gasteiger partial charge >= 0.3 is 11.9 Å². The van der Waals surface area contributed by atoms with Crippen molar-refractivity contribution in [3.63, 3.8) is 0 Å². The number of rotatable bonds is 9. The second-order valence-electron chi connectivity index (χ2n) is 4.44. The van der Waals surface area contributed by atoms with Crippen LogP contribution in [0.5, 0.6) is 0 Å². The lowest BCUT2D eigenvalue weighted by atomic mass is 10.1. The van der Waals surface area contributed by atoms with E-state index < -0.39 is 29.9 Å². The van der Waals surface area contributed by atoms with E-state index >= 15 is 0 Å². The van der Waals surface area contributed by atoms with E-state index in [4.69, 9.17) is 28.3 Å². The molecule has 0 fully saturated rings. The third-order valence-electron chi connectivity index (χ3n) is 2.52. The van der Waals surface area contributed by atoms with E-state index in [-0.39, 0.29) is 25.2 Å². The van der Waals surface area contributed by atoms with E-state index in [1.54, 1.807) is 0 Å². The molecule has 0 spiro atoms. The molecule has 120 valence electrons. The molecule has 0 rings (SSSR count). The number of amides is 1. The summed E-state index contributed by atoms with van der Waals surface area (Å²) in [5.41, 5.74) is 21.0. The van der Waals surface area contributed by atoms with Crippen molar-refractivity contribution in [3.8, 4) is 0 Å². The predicted molar refractivity (Wildman–Crippen MR) is 74.6 cm³/mol. The molecule has 0 aliphatic heterocycles. The number of carbonyl (C=O) groups is 3. The summed E-state index contributed by atoms with van der Waals surface area (Å²) < 4.78 is 4.52. The minimum atomic E-state index is -1.10. The average molecular weight is 302 g/mol. The lowest BCUT2D eigenvalue weighted by Gasteiger charge is -2.13. The van der Waals surface area contributed by atoms with Gasteiger partial charge in [0.15, 0.2) is 5.96 Å². The van der Waals surface area contributed by atoms with E-state index in [1.807, 2.05) is 0 Å². The maximum atomic E-state index is 11.5. The molecular weight excluding hydrogens is 280 g/mol. The van der Waals surface area contributed by atoms with Crippen molar-refractivity contribution in [1.29, 1.82) is 5.41 Å². The first kappa shape index (κ1) is 18.8. The van der Waals surface area contributed by atoms with E-state index in [0.717, 1.165) is 0 Å². The van der Waals surface area contributed by atoms with Gasteiger partial charge in [0.05, 0.1) is 0 Å². The van der Waals surface area contributed by atoms with Crippen molar-refractivity contribution < 1.29 is 19.1 Å². The highest BCUT2D eigenvalue weighted by atomic mass is 16.6. The van der Waals surface area contributed by atoms with Gasteiger partial charge in [0, 0.05) is 13.0 Å². The first-order valence-corrected chi connectivity index (χ1v) is 6.37. The van der Waals surface area contributed by atoms with Gasteiger partial charge in [-0.05, 0) is 19.3 Å². The summed E-state index contributed by atoms with van der Waals surface area (Å²) >= 11 is 0. The minimum Gasteiger partial charge on any atom is -0.391 e. The Morgan fingerprint density at radius 3 is 2.05 bits per heavy atom. The Morgan fingerprint density at radius 1 is 1.05 bits per heavy atom. The standard InChI is InChI=1S/C11H22N6O4/c12-6(2-1-5-17-11(15)16)9(19)21-10(20)7(13)3-4-8(14)18/h6-7H,1-5,12-13H2,(H2,14,18)(H4,15,16,17)/t6-,7-/m0/s1. The Bertz CT molecular complexity index is 400. The number of guanidine groups is 1. The van der Waals surface area contributed by atoms with Crippen molar-refractivity contribution in [2.75, 3.05) is 6.54 Å². The molecule has 2 atom stereocenters. The zero-order valence-corrected chi connectivity index (χ0v) is 11.6. The lowest BCUT2D eigenvalue weighted by molar-refractivity contribution is -0.161. The molecule has 0 aromatic carbocycles. The monoisotopic (exact) mass is 302 g/mol. The van der Waals surface area contributed by atoms with Crippen molar-refractivity contribution in [2.45, 2.75) is 37.8 Å². The maximum absolute atomic E-state index is 11.5. The Hall–Kier alpha value is -2.20. The third-order valence-corrected chi connectivity index (χ3v) is 2.52. The number of hydrogen-bond donors (Lipinski definition) is 6. The smallest absolute Gasteiger partial charge is 0.330 e. The summed E-state index contributed by atoms with van der Waals surface area (Å²) in [6.07, 6.45) is 0.646. The van der Waals surface area contributed by atoms with Crippen molar-refractivity contribution in [3.05, 3.63) is 0 Å². The van der Waals surface area contributed by atoms with Crippen LogP contribution < -0.4 is 28.3 Å². The van der Waals surface area contributed by atoms with Gasteiger partial charge in [-0.2, -0.15) is 0 Å². The number of nitrogens with two attached hydrogens (primary N) is 4. The van der Waals surface area contributed by atoms with Crippen LogP contribution in [-0.4, -0.2) is 42.4 Å². The van der Waals surface area contributed by atoms with Crippen molar-refractivity contribution in [2.24, 2.45) is 22.9 Å². The van der Waals surface area contributed by atoms with Crippen LogP contribution in [0.1, 0.15) is 25.7 Å². The minimum absolute atomic E-state index is 0.000777. The van der Waals surface area contributed by atoms with E-state index in [1.165, 1.54) is 0 Å². The Morgan fingerprint density at radius 2 is 1.57 bits per heavy atom. The maximum Gasteiger partial charge on any atom is 0.330 e. The van der Waals surface area contributed by atoms with E-state index in [2.05, 4.69) is 10.1 Å². The van der Waals surface area contributed by atoms with Gasteiger partial charge in [0.25, 0.3) is 0 Å². The van der Waals surface area contributed by atoms with Gasteiger partial charge in [-0.1, -0.05) is 0 Å². The molecule has 10 nitrogen and oxygen atoms in total. The highest BCUT2D eigenvalue weighted by Crippen LogP contribution is 2.01. The van der Waals surface area contributed by atoms with E-state index in [9.17, 15) is 14.4 Å². The van der Waals surface area contributed by atoms with Crippen LogP contribution in [-0.2, 0) is 19.1 Å². The summed E-state index contributed by atoms with van der Waals surface area (Å²) in [6, 6.07) is -2.08. The molecule has 0 bridgehead atoms. The second kappa shape index (κ2) is 9.66. The first-order chi connectivity index (χ1) is 9.73. The molecule has 0 aromatic rings. The fraction of sp³-hybridized carbons (Fsp3) is 0.636. The normalized spacial score (nSPS) is 13.0. The largest absolute Gasteiger partial charge is 0.391 e.